The third-order valence-corrected chi connectivity index (χ3v) is 3.88. The molecule has 1 aliphatic heterocycles. The van der Waals surface area contributed by atoms with Crippen molar-refractivity contribution in [2.24, 2.45) is 5.92 Å². The van der Waals surface area contributed by atoms with Gasteiger partial charge in [-0.1, -0.05) is 17.7 Å². The third-order valence-electron chi connectivity index (χ3n) is 3.88. The van der Waals surface area contributed by atoms with E-state index in [2.05, 4.69) is 5.32 Å². The lowest BCUT2D eigenvalue weighted by molar-refractivity contribution is -0.127. The van der Waals surface area contributed by atoms with Gasteiger partial charge >= 0.3 is 0 Å². The predicted molar refractivity (Wildman–Crippen MR) is 76.2 cm³/mol. The minimum absolute atomic E-state index is 0.152. The fourth-order valence-corrected chi connectivity index (χ4v) is 3.04. The lowest BCUT2D eigenvalue weighted by atomic mass is 9.68. The number of hydrogen-bond donors (Lipinski definition) is 1. The van der Waals surface area contributed by atoms with Crippen LogP contribution in [-0.4, -0.2) is 11.7 Å². The van der Waals surface area contributed by atoms with Crippen LogP contribution in [0.4, 0.5) is 5.69 Å². The van der Waals surface area contributed by atoms with Gasteiger partial charge < -0.3 is 5.32 Å². The van der Waals surface area contributed by atoms with E-state index in [1.54, 1.807) is 6.07 Å². The normalized spacial score (nSPS) is 19.6. The monoisotopic (exact) mass is 281 g/mol. The summed E-state index contributed by atoms with van der Waals surface area (Å²) in [5, 5.41) is 21.3. The number of nitrogens with zero attached hydrogens (tertiary/aromatic N) is 2. The molecule has 1 heterocycles. The van der Waals surface area contributed by atoms with Gasteiger partial charge in [0.1, 0.15) is 11.2 Å². The Bertz CT molecular complexity index is 710. The third kappa shape index (κ3) is 2.08. The molecule has 1 amide bonds. The van der Waals surface area contributed by atoms with Crippen molar-refractivity contribution < 1.29 is 9.59 Å². The quantitative estimate of drug-likeness (QED) is 0.918. The van der Waals surface area contributed by atoms with Gasteiger partial charge in [-0.2, -0.15) is 10.5 Å². The van der Waals surface area contributed by atoms with Gasteiger partial charge in [0.05, 0.1) is 12.1 Å². The number of nitrogens with one attached hydrogen (secondary N) is 1. The fourth-order valence-electron chi connectivity index (χ4n) is 3.04. The van der Waals surface area contributed by atoms with Crippen molar-refractivity contribution in [1.29, 1.82) is 10.5 Å². The fraction of sp³-hybridized carbons (Fsp3) is 0.375. The molecule has 0 saturated carbocycles. The van der Waals surface area contributed by atoms with Crippen LogP contribution in [0.25, 0.3) is 0 Å². The second-order valence-corrected chi connectivity index (χ2v) is 5.50. The summed E-state index contributed by atoms with van der Waals surface area (Å²) in [6.07, 6.45) is -0.152. The van der Waals surface area contributed by atoms with Crippen LogP contribution in [0.5, 0.6) is 0 Å². The van der Waals surface area contributed by atoms with Gasteiger partial charge in [-0.05, 0) is 31.9 Å². The van der Waals surface area contributed by atoms with E-state index >= 15 is 0 Å². The Morgan fingerprint density at radius 2 is 1.95 bits per heavy atom. The zero-order valence-corrected chi connectivity index (χ0v) is 12.2. The summed E-state index contributed by atoms with van der Waals surface area (Å²) >= 11 is 0. The topological polar surface area (TPSA) is 93.8 Å². The number of rotatable bonds is 3. The van der Waals surface area contributed by atoms with Crippen molar-refractivity contribution in [3.05, 3.63) is 28.8 Å². The molecule has 1 aromatic carbocycles. The van der Waals surface area contributed by atoms with Gasteiger partial charge in [0, 0.05) is 12.1 Å². The first-order valence-corrected chi connectivity index (χ1v) is 6.58. The Kier molecular flexibility index (Phi) is 3.53. The molecule has 0 fully saturated rings. The Balaban J connectivity index is 2.80. The maximum absolute atomic E-state index is 12.5. The molecule has 0 radical (unpaired) electrons. The first kappa shape index (κ1) is 14.7. The largest absolute Gasteiger partial charge is 0.325 e. The Labute approximate surface area is 123 Å². The smallest absolute Gasteiger partial charge is 0.238 e. The lowest BCUT2D eigenvalue weighted by Gasteiger charge is -2.27. The zero-order chi connectivity index (χ0) is 15.8. The molecule has 0 aliphatic carbocycles. The molecule has 1 aromatic rings. The molecule has 0 spiro atoms. The molecule has 0 bridgehead atoms. The number of ketones is 1. The van der Waals surface area contributed by atoms with E-state index in [0.717, 1.165) is 11.1 Å². The van der Waals surface area contributed by atoms with Gasteiger partial charge in [0.25, 0.3) is 0 Å². The molecule has 5 nitrogen and oxygen atoms in total. The molecule has 1 atom stereocenters. The van der Waals surface area contributed by atoms with Crippen LogP contribution in [0.3, 0.4) is 0 Å². The van der Waals surface area contributed by atoms with Crippen molar-refractivity contribution in [3.63, 3.8) is 0 Å². The van der Waals surface area contributed by atoms with Crippen molar-refractivity contribution >= 4 is 17.4 Å². The molecule has 1 N–H and O–H groups in total. The summed E-state index contributed by atoms with van der Waals surface area (Å²) in [5.74, 6) is -1.88. The van der Waals surface area contributed by atoms with Crippen LogP contribution in [0.15, 0.2) is 12.1 Å². The summed E-state index contributed by atoms with van der Waals surface area (Å²) in [6, 6.07) is 7.45. The molecular formula is C16H15N3O2. The van der Waals surface area contributed by atoms with Gasteiger partial charge in [0.15, 0.2) is 5.92 Å². The van der Waals surface area contributed by atoms with Crippen LogP contribution in [0, 0.1) is 42.4 Å². The average Bonchev–Trinajstić information content (AvgIpc) is 2.66. The Morgan fingerprint density at radius 1 is 1.33 bits per heavy atom. The number of carbonyl (C=O) groups excluding carboxylic acids is 2. The molecule has 5 heteroatoms. The number of fused-ring (bicyclic) bond motifs is 1. The SMILES string of the molecule is CC(=O)C[C@]1(C(C#N)C#N)C(=O)Nc2c(C)cc(C)cc21. The first-order chi connectivity index (χ1) is 9.86. The number of hydrogen-bond acceptors (Lipinski definition) is 4. The maximum atomic E-state index is 12.5. The van der Waals surface area contributed by atoms with Crippen molar-refractivity contribution in [1.82, 2.24) is 0 Å². The number of anilines is 1. The zero-order valence-electron chi connectivity index (χ0n) is 12.2. The lowest BCUT2D eigenvalue weighted by Crippen LogP contribution is -2.42. The molecule has 2 rings (SSSR count). The van der Waals surface area contributed by atoms with Crippen LogP contribution in [-0.2, 0) is 15.0 Å². The molecule has 1 aliphatic rings. The molecule has 21 heavy (non-hydrogen) atoms. The van der Waals surface area contributed by atoms with Crippen LogP contribution >= 0.6 is 0 Å². The van der Waals surface area contributed by atoms with Crippen molar-refractivity contribution in [2.45, 2.75) is 32.6 Å². The molecule has 0 unspecified atom stereocenters. The highest BCUT2D eigenvalue weighted by Crippen LogP contribution is 2.47. The number of nitriles is 2. The number of aryl methyl sites for hydroxylation is 2. The average molecular weight is 281 g/mol. The minimum atomic E-state index is -1.42. The Morgan fingerprint density at radius 3 is 2.48 bits per heavy atom. The van der Waals surface area contributed by atoms with Crippen LogP contribution in [0.2, 0.25) is 0 Å². The van der Waals surface area contributed by atoms with E-state index in [1.807, 2.05) is 32.1 Å². The second-order valence-electron chi connectivity index (χ2n) is 5.50. The van der Waals surface area contributed by atoms with E-state index in [9.17, 15) is 20.1 Å². The number of carbonyl (C=O) groups is 2. The predicted octanol–water partition coefficient (Wildman–Crippen LogP) is 2.14. The maximum Gasteiger partial charge on any atom is 0.238 e. The first-order valence-electron chi connectivity index (χ1n) is 6.58. The van der Waals surface area contributed by atoms with Gasteiger partial charge in [-0.15, -0.1) is 0 Å². The highest BCUT2D eigenvalue weighted by atomic mass is 16.2. The summed E-state index contributed by atoms with van der Waals surface area (Å²) in [7, 11) is 0. The van der Waals surface area contributed by atoms with E-state index in [1.165, 1.54) is 6.92 Å². The number of benzene rings is 1. The van der Waals surface area contributed by atoms with E-state index in [0.29, 0.717) is 11.3 Å². The van der Waals surface area contributed by atoms with Gasteiger partial charge in [-0.3, -0.25) is 9.59 Å². The van der Waals surface area contributed by atoms with Gasteiger partial charge in [0.2, 0.25) is 5.91 Å². The van der Waals surface area contributed by atoms with E-state index in [4.69, 9.17) is 0 Å². The van der Waals surface area contributed by atoms with Crippen molar-refractivity contribution in [3.8, 4) is 12.1 Å². The Hall–Kier alpha value is -2.66. The molecule has 0 saturated heterocycles. The van der Waals surface area contributed by atoms with Crippen LogP contribution in [0.1, 0.15) is 30.0 Å². The number of Topliss-reactive ketones (excluding diaryl/α,β-unsaturated/α-hetero) is 1. The van der Waals surface area contributed by atoms with Gasteiger partial charge in [-0.25, -0.2) is 0 Å². The summed E-state index contributed by atoms with van der Waals surface area (Å²) < 4.78 is 0. The molecule has 106 valence electrons. The second kappa shape index (κ2) is 5.03. The highest BCUT2D eigenvalue weighted by molar-refractivity contribution is 6.09. The van der Waals surface area contributed by atoms with Crippen LogP contribution < -0.4 is 5.32 Å². The standard InChI is InChI=1S/C16H15N3O2/c1-9-4-10(2)14-13(5-9)16(6-11(3)20,15(21)19-14)12(7-17)8-18/h4-5,12H,6H2,1-3H3,(H,19,21)/t16-/m1/s1. The molecule has 0 aromatic heterocycles. The highest BCUT2D eigenvalue weighted by Gasteiger charge is 2.54. The summed E-state index contributed by atoms with van der Waals surface area (Å²) in [5.41, 5.74) is 1.56. The minimum Gasteiger partial charge on any atom is -0.325 e. The van der Waals surface area contributed by atoms with E-state index < -0.39 is 17.2 Å². The summed E-state index contributed by atoms with van der Waals surface area (Å²) in [6.45, 7) is 5.09. The van der Waals surface area contributed by atoms with Crippen molar-refractivity contribution in [2.75, 3.05) is 5.32 Å². The number of amides is 1. The van der Waals surface area contributed by atoms with E-state index in [-0.39, 0.29) is 12.2 Å². The molecular weight excluding hydrogens is 266 g/mol. The summed E-state index contributed by atoms with van der Waals surface area (Å²) in [4.78, 5) is 24.2.